The van der Waals surface area contributed by atoms with E-state index in [2.05, 4.69) is 21.3 Å². The number of nitrogens with zero attached hydrogens (tertiary/aromatic N) is 1. The number of hydrogen-bond acceptors (Lipinski definition) is 9. The smallest absolute Gasteiger partial charge is 0.315 e. The highest BCUT2D eigenvalue weighted by Crippen LogP contribution is 2.24. The van der Waals surface area contributed by atoms with E-state index in [0.717, 1.165) is 25.7 Å². The van der Waals surface area contributed by atoms with Crippen molar-refractivity contribution in [3.8, 4) is 0 Å². The molecule has 14 nitrogen and oxygen atoms in total. The number of unbranched alkanes of at least 4 members (excludes halogenated alkanes) is 2. The van der Waals surface area contributed by atoms with Crippen molar-refractivity contribution in [2.24, 2.45) is 5.41 Å². The van der Waals surface area contributed by atoms with E-state index in [4.69, 9.17) is 25.8 Å². The lowest BCUT2D eigenvalue weighted by Crippen LogP contribution is -2.49. The Bertz CT molecular complexity index is 1080. The molecule has 2 fully saturated rings. The highest BCUT2D eigenvalue weighted by molar-refractivity contribution is 7.91. The Morgan fingerprint density at radius 1 is 0.935 bits per heavy atom. The van der Waals surface area contributed by atoms with E-state index < -0.39 is 21.3 Å². The van der Waals surface area contributed by atoms with Gasteiger partial charge in [0.05, 0.1) is 57.2 Å². The predicted molar refractivity (Wildman–Crippen MR) is 174 cm³/mol. The van der Waals surface area contributed by atoms with E-state index in [-0.39, 0.29) is 72.8 Å². The van der Waals surface area contributed by atoms with E-state index in [1.165, 1.54) is 0 Å². The molecule has 2 heterocycles. The number of nitrogens with one attached hydrogen (secondary N) is 4. The van der Waals surface area contributed by atoms with E-state index >= 15 is 0 Å². The van der Waals surface area contributed by atoms with Gasteiger partial charge in [-0.05, 0) is 31.6 Å². The molecule has 0 aromatic heterocycles. The number of alkyl halides is 1. The maximum atomic E-state index is 12.4. The van der Waals surface area contributed by atoms with Crippen LogP contribution in [0.15, 0.2) is 0 Å². The van der Waals surface area contributed by atoms with Crippen molar-refractivity contribution in [3.63, 3.8) is 0 Å². The summed E-state index contributed by atoms with van der Waals surface area (Å²) >= 11 is 5.78. The molecule has 0 saturated carbocycles. The molecule has 0 aromatic rings. The second-order valence-corrected chi connectivity index (χ2v) is 15.2. The molecule has 1 unspecified atom stereocenters. The standard InChI is InChI=1S/C30H54ClN5O9S/c1-23-25(35-29(40)34-23)7-5-4-6-8-26(37)32-11-13-44-15-17-45-16-14-43-12-9-27(38)33-21-30(2,3)22-36(28(39)19-31)24-10-18-46(41,42)20-24/h23-25H,4-22H2,1-3H3,(H,32,37)(H,33,38)(H2,34,35,40)/t23-,24?,25+/m0/s1. The van der Waals surface area contributed by atoms with Crippen LogP contribution in [0.3, 0.4) is 0 Å². The summed E-state index contributed by atoms with van der Waals surface area (Å²) in [7, 11) is -3.16. The number of carbonyl (C=O) groups excluding carboxylic acids is 4. The number of halogens is 1. The van der Waals surface area contributed by atoms with Gasteiger partial charge in [0.1, 0.15) is 5.88 Å². The van der Waals surface area contributed by atoms with Gasteiger partial charge in [-0.1, -0.05) is 26.7 Å². The minimum atomic E-state index is -3.16. The molecule has 4 N–H and O–H groups in total. The van der Waals surface area contributed by atoms with Crippen molar-refractivity contribution in [3.05, 3.63) is 0 Å². The first kappa shape index (κ1) is 40.0. The number of amides is 5. The minimum absolute atomic E-state index is 0.00263. The first-order valence-corrected chi connectivity index (χ1v) is 18.6. The number of sulfone groups is 1. The zero-order valence-electron chi connectivity index (χ0n) is 27.6. The van der Waals surface area contributed by atoms with Crippen LogP contribution < -0.4 is 21.3 Å². The van der Waals surface area contributed by atoms with Gasteiger partial charge < -0.3 is 40.4 Å². The molecule has 0 spiro atoms. The summed E-state index contributed by atoms with van der Waals surface area (Å²) in [5.74, 6) is -0.714. The molecule has 16 heteroatoms. The van der Waals surface area contributed by atoms with Gasteiger partial charge in [-0.25, -0.2) is 13.2 Å². The summed E-state index contributed by atoms with van der Waals surface area (Å²) in [6, 6.07) is -0.204. The molecule has 46 heavy (non-hydrogen) atoms. The van der Waals surface area contributed by atoms with Crippen LogP contribution in [0, 0.1) is 5.41 Å². The van der Waals surface area contributed by atoms with Crippen molar-refractivity contribution in [1.82, 2.24) is 26.2 Å². The fraction of sp³-hybridized carbons (Fsp3) is 0.867. The Kier molecular flexibility index (Phi) is 18.2. The van der Waals surface area contributed by atoms with Crippen molar-refractivity contribution in [2.75, 3.05) is 76.7 Å². The normalized spacial score (nSPS) is 20.6. The second-order valence-electron chi connectivity index (χ2n) is 12.7. The molecule has 266 valence electrons. The highest BCUT2D eigenvalue weighted by atomic mass is 35.5. The minimum Gasteiger partial charge on any atom is -0.379 e. The number of carbonyl (C=O) groups is 4. The van der Waals surface area contributed by atoms with E-state index in [1.54, 1.807) is 4.90 Å². The van der Waals surface area contributed by atoms with Crippen LogP contribution in [-0.2, 0) is 38.4 Å². The quantitative estimate of drug-likeness (QED) is 0.0845. The maximum absolute atomic E-state index is 12.4. The molecular weight excluding hydrogens is 642 g/mol. The second kappa shape index (κ2) is 20.9. The average Bonchev–Trinajstić information content (AvgIpc) is 3.53. The Labute approximate surface area is 278 Å². The zero-order chi connectivity index (χ0) is 34.0. The van der Waals surface area contributed by atoms with E-state index in [9.17, 15) is 27.6 Å². The third kappa shape index (κ3) is 16.6. The van der Waals surface area contributed by atoms with Gasteiger partial charge >= 0.3 is 6.03 Å². The van der Waals surface area contributed by atoms with Crippen LogP contribution in [-0.4, -0.2) is 132 Å². The Hall–Kier alpha value is -2.20. The van der Waals surface area contributed by atoms with Gasteiger partial charge in [0.2, 0.25) is 17.7 Å². The third-order valence-corrected chi connectivity index (χ3v) is 9.91. The molecule has 0 aliphatic carbocycles. The number of ether oxygens (including phenoxy) is 3. The van der Waals surface area contributed by atoms with E-state index in [0.29, 0.717) is 59.0 Å². The van der Waals surface area contributed by atoms with Gasteiger partial charge in [0.25, 0.3) is 0 Å². The summed E-state index contributed by atoms with van der Waals surface area (Å²) in [6.45, 7) is 8.93. The average molecular weight is 696 g/mol. The van der Waals surface area contributed by atoms with Crippen molar-refractivity contribution in [1.29, 1.82) is 0 Å². The topological polar surface area (TPSA) is 181 Å². The predicted octanol–water partition coefficient (Wildman–Crippen LogP) is 0.960. The van der Waals surface area contributed by atoms with Crippen LogP contribution >= 0.6 is 11.6 Å². The van der Waals surface area contributed by atoms with Gasteiger partial charge in [-0.3, -0.25) is 14.4 Å². The number of urea groups is 1. The van der Waals surface area contributed by atoms with Gasteiger partial charge in [-0.15, -0.1) is 11.6 Å². The molecule has 0 aromatic carbocycles. The summed E-state index contributed by atoms with van der Waals surface area (Å²) in [6.07, 6.45) is 4.66. The Morgan fingerprint density at radius 3 is 2.20 bits per heavy atom. The third-order valence-electron chi connectivity index (χ3n) is 7.93. The van der Waals surface area contributed by atoms with Crippen LogP contribution in [0.1, 0.15) is 65.7 Å². The van der Waals surface area contributed by atoms with Crippen LogP contribution in [0.4, 0.5) is 4.79 Å². The van der Waals surface area contributed by atoms with Gasteiger partial charge in [0, 0.05) is 44.6 Å². The van der Waals surface area contributed by atoms with Crippen LogP contribution in [0.2, 0.25) is 0 Å². The molecule has 0 radical (unpaired) electrons. The summed E-state index contributed by atoms with van der Waals surface area (Å²) < 4.78 is 40.2. The number of rotatable bonds is 24. The van der Waals surface area contributed by atoms with Crippen molar-refractivity contribution < 1.29 is 41.8 Å². The molecule has 2 rings (SSSR count). The molecule has 5 amide bonds. The first-order chi connectivity index (χ1) is 21.8. The monoisotopic (exact) mass is 695 g/mol. The molecule has 0 bridgehead atoms. The number of hydrogen-bond donors (Lipinski definition) is 4. The SMILES string of the molecule is C[C@@H]1NC(=O)N[C@@H]1CCCCCC(=O)NCCOCCOCCOCCC(=O)NCC(C)(C)CN(C(=O)CCl)C1CCS(=O)(=O)C1. The molecule has 2 aliphatic rings. The molecular formula is C30H54ClN5O9S. The van der Waals surface area contributed by atoms with Gasteiger partial charge in [0.15, 0.2) is 9.84 Å². The van der Waals surface area contributed by atoms with Crippen LogP contribution in [0.5, 0.6) is 0 Å². The summed E-state index contributed by atoms with van der Waals surface area (Å²) in [5, 5.41) is 11.4. The lowest BCUT2D eigenvalue weighted by Gasteiger charge is -2.36. The van der Waals surface area contributed by atoms with Crippen LogP contribution in [0.25, 0.3) is 0 Å². The Balaban J connectivity index is 1.40. The van der Waals surface area contributed by atoms with Crippen molar-refractivity contribution in [2.45, 2.75) is 83.8 Å². The molecule has 2 aliphatic heterocycles. The van der Waals surface area contributed by atoms with E-state index in [1.807, 2.05) is 20.8 Å². The maximum Gasteiger partial charge on any atom is 0.315 e. The summed E-state index contributed by atoms with van der Waals surface area (Å²) in [5.41, 5.74) is -0.485. The molecule has 2 saturated heterocycles. The summed E-state index contributed by atoms with van der Waals surface area (Å²) in [4.78, 5) is 49.5. The zero-order valence-corrected chi connectivity index (χ0v) is 29.1. The fourth-order valence-corrected chi connectivity index (χ4v) is 7.20. The largest absolute Gasteiger partial charge is 0.379 e. The van der Waals surface area contributed by atoms with Crippen molar-refractivity contribution >= 4 is 45.2 Å². The lowest BCUT2D eigenvalue weighted by molar-refractivity contribution is -0.132. The highest BCUT2D eigenvalue weighted by Gasteiger charge is 2.37. The first-order valence-electron chi connectivity index (χ1n) is 16.2. The molecule has 3 atom stereocenters. The Morgan fingerprint density at radius 2 is 1.59 bits per heavy atom. The fourth-order valence-electron chi connectivity index (χ4n) is 5.31. The van der Waals surface area contributed by atoms with Gasteiger partial charge in [-0.2, -0.15) is 0 Å². The lowest BCUT2D eigenvalue weighted by atomic mass is 9.91.